The van der Waals surface area contributed by atoms with Crippen LogP contribution < -0.4 is 0 Å². The van der Waals surface area contributed by atoms with Gasteiger partial charge in [-0.2, -0.15) is 4.31 Å². The fourth-order valence-corrected chi connectivity index (χ4v) is 4.19. The number of aromatic amines is 1. The average molecular weight is 273 g/mol. The number of hydrogen-bond donors (Lipinski definition) is 2. The summed E-state index contributed by atoms with van der Waals surface area (Å²) in [5.74, 6) is -1.09. The molecule has 0 amide bonds. The number of hydrogen-bond acceptors (Lipinski definition) is 4. The fraction of sp³-hybridized carbons (Fsp3) is 0.600. The minimum absolute atomic E-state index is 0.0662. The van der Waals surface area contributed by atoms with Gasteiger partial charge in [0.25, 0.3) is 10.0 Å². The second kappa shape index (κ2) is 4.36. The number of carboxylic acids is 1. The first-order chi connectivity index (χ1) is 8.45. The van der Waals surface area contributed by atoms with Crippen molar-refractivity contribution in [1.82, 2.24) is 14.3 Å². The largest absolute Gasteiger partial charge is 0.480 e. The van der Waals surface area contributed by atoms with Crippen LogP contribution in [0.2, 0.25) is 0 Å². The first-order valence-electron chi connectivity index (χ1n) is 5.70. The Balaban J connectivity index is 2.47. The molecule has 7 nitrogen and oxygen atoms in total. The molecular formula is C10H15N3O4S. The zero-order chi connectivity index (χ0) is 13.4. The lowest BCUT2D eigenvalue weighted by Gasteiger charge is -2.32. The van der Waals surface area contributed by atoms with Crippen molar-refractivity contribution in [3.8, 4) is 0 Å². The van der Waals surface area contributed by atoms with Gasteiger partial charge in [0.2, 0.25) is 0 Å². The molecule has 0 aromatic carbocycles. The van der Waals surface area contributed by atoms with E-state index in [9.17, 15) is 18.3 Å². The Bertz CT molecular complexity index is 539. The zero-order valence-electron chi connectivity index (χ0n) is 9.96. The molecule has 1 unspecified atom stereocenters. The molecule has 1 aromatic rings. The lowest BCUT2D eigenvalue weighted by molar-refractivity contribution is -0.147. The van der Waals surface area contributed by atoms with Gasteiger partial charge < -0.3 is 10.1 Å². The van der Waals surface area contributed by atoms with Gasteiger partial charge in [-0.15, -0.1) is 0 Å². The van der Waals surface area contributed by atoms with Crippen molar-refractivity contribution < 1.29 is 18.3 Å². The number of rotatable bonds is 4. The zero-order valence-corrected chi connectivity index (χ0v) is 10.8. The van der Waals surface area contributed by atoms with Crippen LogP contribution in [0.15, 0.2) is 17.6 Å². The molecule has 1 fully saturated rings. The first-order valence-corrected chi connectivity index (χ1v) is 7.14. The predicted molar refractivity (Wildman–Crippen MR) is 62.4 cm³/mol. The third kappa shape index (κ3) is 1.72. The third-order valence-corrected chi connectivity index (χ3v) is 5.34. The Morgan fingerprint density at radius 3 is 2.89 bits per heavy atom. The summed E-state index contributed by atoms with van der Waals surface area (Å²) in [5, 5.41) is 9.30. The molecule has 0 radical (unpaired) electrons. The first kappa shape index (κ1) is 13.0. The minimum atomic E-state index is -3.83. The minimum Gasteiger partial charge on any atom is -0.480 e. The highest BCUT2D eigenvalue weighted by Gasteiger charge is 2.52. The van der Waals surface area contributed by atoms with Gasteiger partial charge in [0.15, 0.2) is 5.03 Å². The molecule has 0 aliphatic carbocycles. The molecule has 1 atom stereocenters. The molecule has 0 spiro atoms. The van der Waals surface area contributed by atoms with E-state index >= 15 is 0 Å². The van der Waals surface area contributed by atoms with Crippen LogP contribution in [-0.4, -0.2) is 45.9 Å². The van der Waals surface area contributed by atoms with Crippen LogP contribution in [0.4, 0.5) is 0 Å². The van der Waals surface area contributed by atoms with E-state index in [2.05, 4.69) is 9.97 Å². The number of nitrogens with zero attached hydrogens (tertiary/aromatic N) is 2. The number of aliphatic carboxylic acids is 1. The highest BCUT2D eigenvalue weighted by Crippen LogP contribution is 2.36. The van der Waals surface area contributed by atoms with E-state index in [4.69, 9.17) is 0 Å². The summed E-state index contributed by atoms with van der Waals surface area (Å²) in [6, 6.07) is 0. The van der Waals surface area contributed by atoms with Crippen LogP contribution in [0.25, 0.3) is 0 Å². The molecule has 1 aliphatic rings. The molecule has 0 bridgehead atoms. The molecule has 2 N–H and O–H groups in total. The van der Waals surface area contributed by atoms with Crippen LogP contribution in [0.3, 0.4) is 0 Å². The van der Waals surface area contributed by atoms with Crippen molar-refractivity contribution in [2.24, 2.45) is 0 Å². The lowest BCUT2D eigenvalue weighted by Crippen LogP contribution is -2.52. The van der Waals surface area contributed by atoms with Crippen LogP contribution >= 0.6 is 0 Å². The van der Waals surface area contributed by atoms with E-state index in [-0.39, 0.29) is 18.0 Å². The number of imidazole rings is 1. The normalized spacial score (nSPS) is 25.4. The van der Waals surface area contributed by atoms with E-state index in [0.717, 1.165) is 4.31 Å². The number of carbonyl (C=O) groups is 1. The molecule has 1 aliphatic heterocycles. The SMILES string of the molecule is CCC1(C(=O)O)CCCN1S(=O)(=O)c1cnc[nH]1. The Morgan fingerprint density at radius 2 is 2.39 bits per heavy atom. The molecule has 2 heterocycles. The van der Waals surface area contributed by atoms with Gasteiger partial charge in [-0.25, -0.2) is 13.4 Å². The lowest BCUT2D eigenvalue weighted by atomic mass is 9.95. The van der Waals surface area contributed by atoms with E-state index in [1.165, 1.54) is 12.5 Å². The molecule has 1 aromatic heterocycles. The molecule has 8 heteroatoms. The van der Waals surface area contributed by atoms with Crippen LogP contribution in [0.1, 0.15) is 26.2 Å². The fourth-order valence-electron chi connectivity index (χ4n) is 2.42. The molecule has 0 saturated carbocycles. The topological polar surface area (TPSA) is 103 Å². The number of sulfonamides is 1. The molecule has 2 rings (SSSR count). The van der Waals surface area contributed by atoms with Crippen molar-refractivity contribution in [3.05, 3.63) is 12.5 Å². The maximum absolute atomic E-state index is 12.4. The van der Waals surface area contributed by atoms with Gasteiger partial charge in [-0.3, -0.25) is 4.79 Å². The molecule has 100 valence electrons. The van der Waals surface area contributed by atoms with Crippen LogP contribution in [-0.2, 0) is 14.8 Å². The van der Waals surface area contributed by atoms with Gasteiger partial charge in [-0.1, -0.05) is 6.92 Å². The summed E-state index contributed by atoms with van der Waals surface area (Å²) in [7, 11) is -3.83. The Hall–Kier alpha value is -1.41. The average Bonchev–Trinajstić information content (AvgIpc) is 2.99. The molecule has 18 heavy (non-hydrogen) atoms. The summed E-state index contributed by atoms with van der Waals surface area (Å²) in [4.78, 5) is 17.6. The van der Waals surface area contributed by atoms with Crippen LogP contribution in [0.5, 0.6) is 0 Å². The maximum atomic E-state index is 12.4. The summed E-state index contributed by atoms with van der Waals surface area (Å²) < 4.78 is 25.8. The van der Waals surface area contributed by atoms with Gasteiger partial charge >= 0.3 is 5.97 Å². The number of nitrogens with one attached hydrogen (secondary N) is 1. The summed E-state index contributed by atoms with van der Waals surface area (Å²) in [6.45, 7) is 1.91. The molecular weight excluding hydrogens is 258 g/mol. The summed E-state index contributed by atoms with van der Waals surface area (Å²) in [6.07, 6.45) is 3.59. The predicted octanol–water partition coefficient (Wildman–Crippen LogP) is 0.428. The van der Waals surface area contributed by atoms with Crippen molar-refractivity contribution in [1.29, 1.82) is 0 Å². The second-order valence-electron chi connectivity index (χ2n) is 4.29. The highest BCUT2D eigenvalue weighted by molar-refractivity contribution is 7.89. The van der Waals surface area contributed by atoms with Gasteiger partial charge in [0, 0.05) is 6.54 Å². The van der Waals surface area contributed by atoms with E-state index in [1.807, 2.05) is 0 Å². The number of aromatic nitrogens is 2. The monoisotopic (exact) mass is 273 g/mol. The number of H-pyrrole nitrogens is 1. The van der Waals surface area contributed by atoms with Gasteiger partial charge in [0.1, 0.15) is 5.54 Å². The standard InChI is InChI=1S/C10H15N3O4S/c1-2-10(9(14)15)4-3-5-13(10)18(16,17)8-6-11-7-12-8/h6-7H,2-5H2,1H3,(H,11,12)(H,14,15). The van der Waals surface area contributed by atoms with E-state index < -0.39 is 21.5 Å². The summed E-state index contributed by atoms with van der Waals surface area (Å²) in [5.41, 5.74) is -1.33. The Morgan fingerprint density at radius 1 is 1.67 bits per heavy atom. The van der Waals surface area contributed by atoms with E-state index in [1.54, 1.807) is 6.92 Å². The van der Waals surface area contributed by atoms with Crippen LogP contribution in [0, 0.1) is 0 Å². The van der Waals surface area contributed by atoms with Crippen molar-refractivity contribution >= 4 is 16.0 Å². The summed E-state index contributed by atoms with van der Waals surface area (Å²) >= 11 is 0. The Kier molecular flexibility index (Phi) is 3.16. The maximum Gasteiger partial charge on any atom is 0.325 e. The number of carboxylic acid groups (broad SMARTS) is 1. The highest BCUT2D eigenvalue weighted by atomic mass is 32.2. The van der Waals surface area contributed by atoms with Crippen molar-refractivity contribution in [2.75, 3.05) is 6.54 Å². The van der Waals surface area contributed by atoms with E-state index in [0.29, 0.717) is 12.8 Å². The van der Waals surface area contributed by atoms with Crippen molar-refractivity contribution in [3.63, 3.8) is 0 Å². The smallest absolute Gasteiger partial charge is 0.325 e. The third-order valence-electron chi connectivity index (χ3n) is 3.45. The Labute approximate surface area is 105 Å². The second-order valence-corrected chi connectivity index (χ2v) is 6.12. The quantitative estimate of drug-likeness (QED) is 0.827. The van der Waals surface area contributed by atoms with Gasteiger partial charge in [-0.05, 0) is 19.3 Å². The van der Waals surface area contributed by atoms with Gasteiger partial charge in [0.05, 0.1) is 12.5 Å². The van der Waals surface area contributed by atoms with Crippen molar-refractivity contribution in [2.45, 2.75) is 36.8 Å². The molecule has 1 saturated heterocycles.